The Hall–Kier alpha value is -3.66. The topological polar surface area (TPSA) is 69.5 Å². The molecular weight excluding hydrogens is 469 g/mol. The molecule has 2 aromatic heterocycles. The Kier molecular flexibility index (Phi) is 6.29. The highest BCUT2D eigenvalue weighted by molar-refractivity contribution is 5.49. The number of hydrogen-bond acceptors (Lipinski definition) is 5. The van der Waals surface area contributed by atoms with E-state index in [0.29, 0.717) is 67.7 Å². The van der Waals surface area contributed by atoms with Crippen molar-refractivity contribution in [3.05, 3.63) is 92.7 Å². The van der Waals surface area contributed by atoms with Crippen LogP contribution in [-0.2, 0) is 19.1 Å². The molecule has 0 atom stereocenters. The molecule has 0 radical (unpaired) electrons. The third kappa shape index (κ3) is 4.99. The number of halogens is 3. The second kappa shape index (κ2) is 9.42. The molecule has 1 N–H and O–H groups in total. The van der Waals surface area contributed by atoms with Gasteiger partial charge in [-0.15, -0.1) is 0 Å². The number of anilines is 1. The van der Waals surface area contributed by atoms with Crippen LogP contribution >= 0.6 is 0 Å². The summed E-state index contributed by atoms with van der Waals surface area (Å²) in [5.41, 5.74) is 3.26. The van der Waals surface area contributed by atoms with Crippen molar-refractivity contribution in [1.82, 2.24) is 24.5 Å². The maximum atomic E-state index is 13.2. The first-order chi connectivity index (χ1) is 17.2. The van der Waals surface area contributed by atoms with Gasteiger partial charge >= 0.3 is 6.18 Å². The molecule has 4 aromatic rings. The first kappa shape index (κ1) is 24.1. The van der Waals surface area contributed by atoms with Gasteiger partial charge in [0, 0.05) is 43.9 Å². The van der Waals surface area contributed by atoms with Crippen molar-refractivity contribution in [3.63, 3.8) is 0 Å². The average Bonchev–Trinajstić information content (AvgIpc) is 3.25. The largest absolute Gasteiger partial charge is 0.416 e. The van der Waals surface area contributed by atoms with Crippen molar-refractivity contribution in [1.29, 1.82) is 0 Å². The van der Waals surface area contributed by atoms with Crippen LogP contribution in [-0.4, -0.2) is 50.7 Å². The molecule has 1 fully saturated rings. The van der Waals surface area contributed by atoms with E-state index in [2.05, 4.69) is 20.0 Å². The summed E-state index contributed by atoms with van der Waals surface area (Å²) in [6, 6.07) is 13.5. The maximum absolute atomic E-state index is 13.2. The van der Waals surface area contributed by atoms with E-state index in [0.717, 1.165) is 17.2 Å². The number of aromatic amines is 1. The minimum absolute atomic E-state index is 0.161. The molecule has 0 bridgehead atoms. The molecule has 0 aliphatic carbocycles. The number of aryl methyl sites for hydroxylation is 2. The Morgan fingerprint density at radius 2 is 1.69 bits per heavy atom. The summed E-state index contributed by atoms with van der Waals surface area (Å²) in [5.74, 6) is 0.960. The normalized spacial score (nSPS) is 15.1. The third-order valence-corrected chi connectivity index (χ3v) is 6.63. The maximum Gasteiger partial charge on any atom is 0.416 e. The summed E-state index contributed by atoms with van der Waals surface area (Å²) in [6.07, 6.45) is -3.86. The molecule has 0 spiro atoms. The minimum atomic E-state index is -4.36. The molecular formula is C26H27F3N6O. The fraction of sp³-hybridized carbons (Fsp3) is 0.346. The smallest absolute Gasteiger partial charge is 0.369 e. The highest BCUT2D eigenvalue weighted by Gasteiger charge is 2.31. The summed E-state index contributed by atoms with van der Waals surface area (Å²) < 4.78 is 40.6. The van der Waals surface area contributed by atoms with Crippen LogP contribution in [0, 0.1) is 13.8 Å². The Balaban J connectivity index is 1.28. The van der Waals surface area contributed by atoms with Gasteiger partial charge in [0.25, 0.3) is 11.3 Å². The molecule has 188 valence electrons. The minimum Gasteiger partial charge on any atom is -0.369 e. The van der Waals surface area contributed by atoms with Gasteiger partial charge in [-0.3, -0.25) is 14.8 Å². The van der Waals surface area contributed by atoms with Gasteiger partial charge < -0.3 is 4.90 Å². The van der Waals surface area contributed by atoms with Crippen LogP contribution in [0.25, 0.3) is 5.78 Å². The van der Waals surface area contributed by atoms with Gasteiger partial charge in [0.15, 0.2) is 0 Å². The van der Waals surface area contributed by atoms with E-state index < -0.39 is 11.7 Å². The number of alkyl halides is 3. The van der Waals surface area contributed by atoms with Crippen LogP contribution in [0.15, 0.2) is 53.3 Å². The predicted octanol–water partition coefficient (Wildman–Crippen LogP) is 3.97. The van der Waals surface area contributed by atoms with E-state index in [1.807, 2.05) is 43.0 Å². The number of H-pyrrole nitrogens is 1. The van der Waals surface area contributed by atoms with Gasteiger partial charge in [0.1, 0.15) is 5.82 Å². The number of piperazine rings is 1. The molecule has 1 aliphatic rings. The number of rotatable bonds is 5. The number of benzene rings is 2. The number of fused-ring (bicyclic) bond motifs is 1. The Bertz CT molecular complexity index is 1430. The zero-order valence-corrected chi connectivity index (χ0v) is 20.1. The fourth-order valence-electron chi connectivity index (χ4n) is 4.54. The van der Waals surface area contributed by atoms with Crippen LogP contribution in [0.1, 0.15) is 33.8 Å². The molecule has 0 saturated carbocycles. The molecule has 1 aliphatic heterocycles. The average molecular weight is 497 g/mol. The first-order valence-electron chi connectivity index (χ1n) is 11.8. The molecule has 3 heterocycles. The van der Waals surface area contributed by atoms with Gasteiger partial charge in [-0.25, -0.2) is 4.98 Å². The van der Waals surface area contributed by atoms with Gasteiger partial charge in [0.05, 0.1) is 17.8 Å². The third-order valence-electron chi connectivity index (χ3n) is 6.63. The van der Waals surface area contributed by atoms with E-state index in [1.165, 1.54) is 16.6 Å². The van der Waals surface area contributed by atoms with Crippen LogP contribution in [0.2, 0.25) is 0 Å². The lowest BCUT2D eigenvalue weighted by atomic mass is 10.0. The fourth-order valence-corrected chi connectivity index (χ4v) is 4.54. The predicted molar refractivity (Wildman–Crippen MR) is 131 cm³/mol. The van der Waals surface area contributed by atoms with E-state index in [-0.39, 0.29) is 5.56 Å². The molecule has 36 heavy (non-hydrogen) atoms. The van der Waals surface area contributed by atoms with Crippen LogP contribution < -0.4 is 10.5 Å². The van der Waals surface area contributed by atoms with Crippen molar-refractivity contribution >= 4 is 11.5 Å². The molecule has 1 saturated heterocycles. The molecule has 0 unspecified atom stereocenters. The molecule has 10 heteroatoms. The molecule has 0 amide bonds. The van der Waals surface area contributed by atoms with Crippen molar-refractivity contribution in [2.75, 3.05) is 31.1 Å². The zero-order chi connectivity index (χ0) is 25.4. The van der Waals surface area contributed by atoms with Crippen molar-refractivity contribution < 1.29 is 13.2 Å². The van der Waals surface area contributed by atoms with Gasteiger partial charge in [-0.05, 0) is 37.6 Å². The van der Waals surface area contributed by atoms with Crippen LogP contribution in [0.5, 0.6) is 0 Å². The monoisotopic (exact) mass is 496 g/mol. The highest BCUT2D eigenvalue weighted by atomic mass is 19.4. The Morgan fingerprint density at radius 3 is 2.39 bits per heavy atom. The lowest BCUT2D eigenvalue weighted by Gasteiger charge is -2.35. The van der Waals surface area contributed by atoms with Gasteiger partial charge in [-0.1, -0.05) is 35.9 Å². The van der Waals surface area contributed by atoms with E-state index in [4.69, 9.17) is 0 Å². The lowest BCUT2D eigenvalue weighted by molar-refractivity contribution is -0.137. The number of hydrogen-bond donors (Lipinski definition) is 1. The summed E-state index contributed by atoms with van der Waals surface area (Å²) in [4.78, 5) is 26.4. The summed E-state index contributed by atoms with van der Waals surface area (Å²) in [6.45, 7) is 6.85. The quantitative estimate of drug-likeness (QED) is 0.453. The van der Waals surface area contributed by atoms with Crippen molar-refractivity contribution in [3.8, 4) is 0 Å². The molecule has 5 rings (SSSR count). The van der Waals surface area contributed by atoms with Crippen LogP contribution in [0.3, 0.4) is 0 Å². The summed E-state index contributed by atoms with van der Waals surface area (Å²) in [7, 11) is 0. The van der Waals surface area contributed by atoms with Gasteiger partial charge in [0.2, 0.25) is 0 Å². The second-order valence-corrected chi connectivity index (χ2v) is 9.26. The standard InChI is InChI=1S/C26H27F3N6O/c1-17-6-8-19(9-7-17)14-22-18(2)30-25-31-23(32-35(25)24(22)36)16-33-10-12-34(13-11-33)21-5-3-4-20(15-21)26(27,28)29/h3-9,15H,10-14,16H2,1-2H3,(H,30,31,32). The second-order valence-electron chi connectivity index (χ2n) is 9.26. The van der Waals surface area contributed by atoms with Crippen molar-refractivity contribution in [2.24, 2.45) is 0 Å². The first-order valence-corrected chi connectivity index (χ1v) is 11.8. The van der Waals surface area contributed by atoms with Crippen molar-refractivity contribution in [2.45, 2.75) is 33.0 Å². The SMILES string of the molecule is Cc1ccc(Cc2c(C)nc3nc(CN4CCN(c5cccc(C(F)(F)F)c5)CC4)[nH]n3c2=O)cc1. The highest BCUT2D eigenvalue weighted by Crippen LogP contribution is 2.32. The van der Waals surface area contributed by atoms with E-state index >= 15 is 0 Å². The lowest BCUT2D eigenvalue weighted by Crippen LogP contribution is -2.46. The Labute approximate surface area is 206 Å². The Morgan fingerprint density at radius 1 is 0.972 bits per heavy atom. The van der Waals surface area contributed by atoms with E-state index in [1.54, 1.807) is 6.07 Å². The zero-order valence-electron chi connectivity index (χ0n) is 20.1. The summed E-state index contributed by atoms with van der Waals surface area (Å²) in [5, 5.41) is 3.09. The summed E-state index contributed by atoms with van der Waals surface area (Å²) >= 11 is 0. The van der Waals surface area contributed by atoms with Crippen LogP contribution in [0.4, 0.5) is 18.9 Å². The molecule has 2 aromatic carbocycles. The molecule has 7 nitrogen and oxygen atoms in total. The number of nitrogens with one attached hydrogen (secondary N) is 1. The van der Waals surface area contributed by atoms with Gasteiger partial charge in [-0.2, -0.15) is 22.7 Å². The van der Waals surface area contributed by atoms with E-state index in [9.17, 15) is 18.0 Å². The number of nitrogens with zero attached hydrogens (tertiary/aromatic N) is 5. The number of aromatic nitrogens is 4.